The van der Waals surface area contributed by atoms with Crippen molar-refractivity contribution in [3.63, 3.8) is 0 Å². The van der Waals surface area contributed by atoms with E-state index in [0.717, 1.165) is 9.87 Å². The molecule has 3 aromatic rings. The molecule has 1 aromatic heterocycles. The Morgan fingerprint density at radius 3 is 2.23 bits per heavy atom. The van der Waals surface area contributed by atoms with Crippen molar-refractivity contribution in [1.29, 1.82) is 0 Å². The number of aryl methyl sites for hydroxylation is 3. The number of nitrogens with zero attached hydrogens (tertiary/aromatic N) is 2. The molecule has 0 atom stereocenters. The topological polar surface area (TPSA) is 102 Å². The Balaban J connectivity index is 1.93. The highest BCUT2D eigenvalue weighted by atomic mass is 32.2. The maximum Gasteiger partial charge on any atom is 0.270 e. The van der Waals surface area contributed by atoms with Crippen molar-refractivity contribution in [3.05, 3.63) is 65.5 Å². The van der Waals surface area contributed by atoms with E-state index in [2.05, 4.69) is 10.5 Å². The van der Waals surface area contributed by atoms with Gasteiger partial charge in [0.2, 0.25) is 5.91 Å². The molecule has 0 aliphatic heterocycles. The third-order valence-corrected chi connectivity index (χ3v) is 6.52. The molecule has 0 bridgehead atoms. The predicted octanol–water partition coefficient (Wildman–Crippen LogP) is 3.44. The summed E-state index contributed by atoms with van der Waals surface area (Å²) in [5.74, 6) is 0.325. The van der Waals surface area contributed by atoms with E-state index in [4.69, 9.17) is 9.26 Å². The van der Waals surface area contributed by atoms with Crippen molar-refractivity contribution in [1.82, 2.24) is 5.16 Å². The summed E-state index contributed by atoms with van der Waals surface area (Å²) in [5.41, 5.74) is 2.10. The summed E-state index contributed by atoms with van der Waals surface area (Å²) in [6.45, 7) is 4.56. The minimum Gasteiger partial charge on any atom is -0.497 e. The van der Waals surface area contributed by atoms with E-state index in [1.54, 1.807) is 62.6 Å². The number of carbonyl (C=O) groups excluding carboxylic acids is 1. The first-order valence-corrected chi connectivity index (χ1v) is 10.6. The summed E-state index contributed by atoms with van der Waals surface area (Å²) in [6, 6.07) is 13.6. The van der Waals surface area contributed by atoms with Crippen LogP contribution in [0.15, 0.2) is 57.9 Å². The van der Waals surface area contributed by atoms with Crippen molar-refractivity contribution < 1.29 is 22.5 Å². The van der Waals surface area contributed by atoms with Crippen molar-refractivity contribution in [2.24, 2.45) is 0 Å². The Bertz CT molecular complexity index is 1120. The zero-order valence-corrected chi connectivity index (χ0v) is 18.0. The molecule has 0 unspecified atom stereocenters. The van der Waals surface area contributed by atoms with Crippen LogP contribution in [0.25, 0.3) is 0 Å². The van der Waals surface area contributed by atoms with Crippen LogP contribution in [-0.2, 0) is 14.8 Å². The lowest BCUT2D eigenvalue weighted by Gasteiger charge is -2.24. The van der Waals surface area contributed by atoms with E-state index in [1.807, 2.05) is 6.92 Å². The van der Waals surface area contributed by atoms with Crippen LogP contribution < -0.4 is 14.4 Å². The lowest BCUT2D eigenvalue weighted by Crippen LogP contribution is -2.38. The first-order valence-electron chi connectivity index (χ1n) is 9.18. The van der Waals surface area contributed by atoms with Gasteiger partial charge in [-0.3, -0.25) is 9.10 Å². The van der Waals surface area contributed by atoms with Crippen LogP contribution in [0.5, 0.6) is 5.75 Å². The van der Waals surface area contributed by atoms with Crippen LogP contribution in [0.3, 0.4) is 0 Å². The van der Waals surface area contributed by atoms with Gasteiger partial charge in [0.15, 0.2) is 10.7 Å². The number of hydrogen-bond donors (Lipinski definition) is 1. The fourth-order valence-corrected chi connectivity index (χ4v) is 4.70. The van der Waals surface area contributed by atoms with Crippen LogP contribution in [0.2, 0.25) is 0 Å². The van der Waals surface area contributed by atoms with Gasteiger partial charge in [0.1, 0.15) is 18.0 Å². The standard InChI is InChI=1S/C21H23N3O5S/c1-14-5-9-18(10-6-14)24(30(26,27)21-15(2)23-29-16(21)3)13-20(25)22-17-7-11-19(28-4)12-8-17/h5-12H,13H2,1-4H3,(H,22,25). The van der Waals surface area contributed by atoms with Gasteiger partial charge < -0.3 is 14.6 Å². The lowest BCUT2D eigenvalue weighted by molar-refractivity contribution is -0.114. The average molecular weight is 429 g/mol. The molecule has 1 heterocycles. The fourth-order valence-electron chi connectivity index (χ4n) is 2.98. The minimum absolute atomic E-state index is 0.0414. The highest BCUT2D eigenvalue weighted by molar-refractivity contribution is 7.93. The molecule has 1 amide bonds. The number of rotatable bonds is 7. The van der Waals surface area contributed by atoms with E-state index in [9.17, 15) is 13.2 Å². The maximum absolute atomic E-state index is 13.4. The number of sulfonamides is 1. The Morgan fingerprint density at radius 2 is 1.70 bits per heavy atom. The largest absolute Gasteiger partial charge is 0.497 e. The van der Waals surface area contributed by atoms with Crippen molar-refractivity contribution in [2.45, 2.75) is 25.7 Å². The van der Waals surface area contributed by atoms with Gasteiger partial charge >= 0.3 is 0 Å². The number of nitrogens with one attached hydrogen (secondary N) is 1. The number of carbonyl (C=O) groups is 1. The van der Waals surface area contributed by atoms with E-state index < -0.39 is 22.5 Å². The third kappa shape index (κ3) is 4.46. The van der Waals surface area contributed by atoms with Gasteiger partial charge in [0.05, 0.1) is 12.8 Å². The Kier molecular flexibility index (Phi) is 6.12. The first kappa shape index (κ1) is 21.4. The molecule has 0 spiro atoms. The number of amides is 1. The Morgan fingerprint density at radius 1 is 1.07 bits per heavy atom. The van der Waals surface area contributed by atoms with Gasteiger partial charge in [0.25, 0.3) is 10.0 Å². The summed E-state index contributed by atoms with van der Waals surface area (Å²) in [4.78, 5) is 12.7. The monoisotopic (exact) mass is 429 g/mol. The summed E-state index contributed by atoms with van der Waals surface area (Å²) >= 11 is 0. The van der Waals surface area contributed by atoms with E-state index >= 15 is 0 Å². The molecule has 0 aliphatic rings. The van der Waals surface area contributed by atoms with Gasteiger partial charge in [-0.1, -0.05) is 22.9 Å². The van der Waals surface area contributed by atoms with E-state index in [-0.39, 0.29) is 16.3 Å². The summed E-state index contributed by atoms with van der Waals surface area (Å²) in [7, 11) is -2.54. The van der Waals surface area contributed by atoms with Crippen molar-refractivity contribution in [3.8, 4) is 5.75 Å². The zero-order valence-electron chi connectivity index (χ0n) is 17.2. The molecule has 0 saturated heterocycles. The second-order valence-electron chi connectivity index (χ2n) is 6.78. The maximum atomic E-state index is 13.4. The second kappa shape index (κ2) is 8.58. The second-order valence-corrected chi connectivity index (χ2v) is 8.58. The van der Waals surface area contributed by atoms with Gasteiger partial charge in [-0.15, -0.1) is 0 Å². The summed E-state index contributed by atoms with van der Waals surface area (Å²) in [6.07, 6.45) is 0. The molecule has 3 rings (SSSR count). The molecule has 0 fully saturated rings. The smallest absolute Gasteiger partial charge is 0.270 e. The molecule has 158 valence electrons. The molecular weight excluding hydrogens is 406 g/mol. The average Bonchev–Trinajstić information content (AvgIpc) is 3.06. The zero-order chi connectivity index (χ0) is 21.9. The predicted molar refractivity (Wildman–Crippen MR) is 113 cm³/mol. The fraction of sp³-hybridized carbons (Fsp3) is 0.238. The van der Waals surface area contributed by atoms with Crippen LogP contribution in [0, 0.1) is 20.8 Å². The number of methoxy groups -OCH3 is 1. The highest BCUT2D eigenvalue weighted by Gasteiger charge is 2.32. The number of aromatic nitrogens is 1. The molecule has 0 saturated carbocycles. The SMILES string of the molecule is COc1ccc(NC(=O)CN(c2ccc(C)cc2)S(=O)(=O)c2c(C)noc2C)cc1. The van der Waals surface area contributed by atoms with Crippen molar-refractivity contribution in [2.75, 3.05) is 23.3 Å². The Labute approximate surface area is 175 Å². The van der Waals surface area contributed by atoms with Crippen LogP contribution in [0.1, 0.15) is 17.0 Å². The van der Waals surface area contributed by atoms with Gasteiger partial charge in [-0.25, -0.2) is 8.42 Å². The first-order chi connectivity index (χ1) is 14.2. The molecule has 8 nitrogen and oxygen atoms in total. The number of anilines is 2. The molecule has 0 aliphatic carbocycles. The molecule has 2 aromatic carbocycles. The molecule has 9 heteroatoms. The summed E-state index contributed by atoms with van der Waals surface area (Å²) < 4.78 is 38.0. The molecular formula is C21H23N3O5S. The lowest BCUT2D eigenvalue weighted by atomic mass is 10.2. The van der Waals surface area contributed by atoms with Gasteiger partial charge in [-0.05, 0) is 57.2 Å². The summed E-state index contributed by atoms with van der Waals surface area (Å²) in [5, 5.41) is 6.45. The van der Waals surface area contributed by atoms with E-state index in [0.29, 0.717) is 17.1 Å². The quantitative estimate of drug-likeness (QED) is 0.617. The van der Waals surface area contributed by atoms with E-state index in [1.165, 1.54) is 6.92 Å². The third-order valence-electron chi connectivity index (χ3n) is 4.50. The normalized spacial score (nSPS) is 11.2. The van der Waals surface area contributed by atoms with Gasteiger partial charge in [0, 0.05) is 5.69 Å². The van der Waals surface area contributed by atoms with Crippen LogP contribution in [0.4, 0.5) is 11.4 Å². The minimum atomic E-state index is -4.09. The molecule has 1 N–H and O–H groups in total. The molecule has 30 heavy (non-hydrogen) atoms. The van der Waals surface area contributed by atoms with Crippen LogP contribution in [-0.4, -0.2) is 33.1 Å². The highest BCUT2D eigenvalue weighted by Crippen LogP contribution is 2.28. The molecule has 0 radical (unpaired) electrons. The number of ether oxygens (including phenoxy) is 1. The van der Waals surface area contributed by atoms with Crippen molar-refractivity contribution >= 4 is 27.3 Å². The number of hydrogen-bond acceptors (Lipinski definition) is 6. The Hall–Kier alpha value is -3.33. The van der Waals surface area contributed by atoms with Crippen LogP contribution >= 0.6 is 0 Å². The number of benzene rings is 2. The van der Waals surface area contributed by atoms with Gasteiger partial charge in [-0.2, -0.15) is 0 Å².